The summed E-state index contributed by atoms with van der Waals surface area (Å²) in [6.07, 6.45) is 6.69. The molecule has 23 heavy (non-hydrogen) atoms. The summed E-state index contributed by atoms with van der Waals surface area (Å²) in [7, 11) is -3.01. The first-order valence-electron chi connectivity index (χ1n) is 8.22. The van der Waals surface area contributed by atoms with Crippen molar-refractivity contribution in [1.29, 1.82) is 0 Å². The molecule has 0 bridgehead atoms. The van der Waals surface area contributed by atoms with Gasteiger partial charge in [-0.2, -0.15) is 0 Å². The minimum absolute atomic E-state index is 0.409. The van der Waals surface area contributed by atoms with Crippen LogP contribution in [-0.4, -0.2) is 17.1 Å². The first-order chi connectivity index (χ1) is 11.0. The van der Waals surface area contributed by atoms with Crippen molar-refractivity contribution >= 4 is 27.5 Å². The highest BCUT2D eigenvalue weighted by Crippen LogP contribution is 2.31. The smallest absolute Gasteiger partial charge is 0.241 e. The van der Waals surface area contributed by atoms with Crippen LogP contribution >= 0.6 is 0 Å². The van der Waals surface area contributed by atoms with Crippen molar-refractivity contribution in [1.82, 2.24) is 0 Å². The van der Waals surface area contributed by atoms with Crippen molar-refractivity contribution in [3.63, 3.8) is 0 Å². The Balaban J connectivity index is 1.99. The number of rotatable bonds is 5. The van der Waals surface area contributed by atoms with Gasteiger partial charge < -0.3 is 4.43 Å². The van der Waals surface area contributed by atoms with Crippen molar-refractivity contribution < 1.29 is 4.43 Å². The Morgan fingerprint density at radius 3 is 1.83 bits per heavy atom. The highest BCUT2D eigenvalue weighted by atomic mass is 28.4. The Hall–Kier alpha value is -1.85. The van der Waals surface area contributed by atoms with Crippen LogP contribution < -0.4 is 10.4 Å². The zero-order valence-corrected chi connectivity index (χ0v) is 16.2. The fraction of sp³-hybridized carbons (Fsp3) is 0.200. The standard InChI is InChI=1S/C20H24OSi2/c1-23(2,3)21-19-15-10-16-20(19)22(17-11-6-4-7-12-17)18-13-8-5-9-14-18/h4-16,20,22H,1-3H3. The maximum atomic E-state index is 6.41. The third kappa shape index (κ3) is 3.92. The summed E-state index contributed by atoms with van der Waals surface area (Å²) in [6.45, 7) is 6.76. The maximum absolute atomic E-state index is 6.41. The molecule has 0 radical (unpaired) electrons. The van der Waals surface area contributed by atoms with Gasteiger partial charge in [-0.3, -0.25) is 0 Å². The molecule has 2 aromatic carbocycles. The average molecular weight is 337 g/mol. The Labute approximate surface area is 142 Å². The molecule has 118 valence electrons. The lowest BCUT2D eigenvalue weighted by molar-refractivity contribution is 0.414. The summed E-state index contributed by atoms with van der Waals surface area (Å²) in [6, 6.07) is 21.9. The molecular weight excluding hydrogens is 312 g/mol. The molecule has 1 atom stereocenters. The minimum atomic E-state index is -1.60. The fourth-order valence-corrected chi connectivity index (χ4v) is 7.53. The normalized spacial score (nSPS) is 17.4. The summed E-state index contributed by atoms with van der Waals surface area (Å²) in [4.78, 5) is 0. The molecular formula is C20H24OSi2. The van der Waals surface area contributed by atoms with E-state index in [2.05, 4.69) is 98.5 Å². The minimum Gasteiger partial charge on any atom is -0.547 e. The molecule has 0 heterocycles. The van der Waals surface area contributed by atoms with E-state index in [0.29, 0.717) is 5.54 Å². The third-order valence-corrected chi connectivity index (χ3v) is 8.33. The highest BCUT2D eigenvalue weighted by Gasteiger charge is 2.32. The Morgan fingerprint density at radius 1 is 0.826 bits per heavy atom. The van der Waals surface area contributed by atoms with Crippen molar-refractivity contribution in [2.45, 2.75) is 25.2 Å². The largest absolute Gasteiger partial charge is 0.547 e. The molecule has 0 aromatic heterocycles. The summed E-state index contributed by atoms with van der Waals surface area (Å²) < 4.78 is 6.41. The molecule has 0 aliphatic heterocycles. The number of benzene rings is 2. The first kappa shape index (κ1) is 16.0. The van der Waals surface area contributed by atoms with Gasteiger partial charge in [0.15, 0.2) is 0 Å². The molecule has 0 amide bonds. The molecule has 0 saturated heterocycles. The van der Waals surface area contributed by atoms with Crippen molar-refractivity contribution in [3.8, 4) is 0 Å². The van der Waals surface area contributed by atoms with Crippen LogP contribution in [0.3, 0.4) is 0 Å². The number of hydrogen-bond acceptors (Lipinski definition) is 1. The van der Waals surface area contributed by atoms with Crippen LogP contribution in [0.1, 0.15) is 0 Å². The van der Waals surface area contributed by atoms with E-state index in [1.807, 2.05) is 0 Å². The van der Waals surface area contributed by atoms with Crippen LogP contribution in [0.4, 0.5) is 0 Å². The zero-order valence-electron chi connectivity index (χ0n) is 14.1. The third-order valence-electron chi connectivity index (χ3n) is 4.01. The Bertz CT molecular complexity index is 660. The van der Waals surface area contributed by atoms with Crippen LogP contribution in [0.15, 0.2) is 84.7 Å². The van der Waals surface area contributed by atoms with E-state index in [1.165, 1.54) is 16.1 Å². The summed E-state index contributed by atoms with van der Waals surface area (Å²) in [5.74, 6) is 1.17. The van der Waals surface area contributed by atoms with Gasteiger partial charge >= 0.3 is 0 Å². The van der Waals surface area contributed by atoms with Gasteiger partial charge in [-0.1, -0.05) is 83.2 Å². The lowest BCUT2D eigenvalue weighted by Crippen LogP contribution is -2.46. The van der Waals surface area contributed by atoms with E-state index in [0.717, 1.165) is 0 Å². The molecule has 0 fully saturated rings. The molecule has 1 nitrogen and oxygen atoms in total. The average Bonchev–Trinajstić information content (AvgIpc) is 2.96. The summed E-state index contributed by atoms with van der Waals surface area (Å²) in [5, 5.41) is 2.95. The Morgan fingerprint density at radius 2 is 1.35 bits per heavy atom. The molecule has 0 spiro atoms. The van der Waals surface area contributed by atoms with Crippen LogP contribution in [0.2, 0.25) is 25.2 Å². The summed E-state index contributed by atoms with van der Waals surface area (Å²) >= 11 is 0. The van der Waals surface area contributed by atoms with Crippen LogP contribution in [0.5, 0.6) is 0 Å². The maximum Gasteiger partial charge on any atom is 0.241 e. The predicted octanol–water partition coefficient (Wildman–Crippen LogP) is 3.70. The molecule has 1 aliphatic carbocycles. The fourth-order valence-electron chi connectivity index (χ4n) is 3.13. The van der Waals surface area contributed by atoms with Crippen molar-refractivity contribution in [3.05, 3.63) is 84.7 Å². The summed E-state index contributed by atoms with van der Waals surface area (Å²) in [5.41, 5.74) is 0.409. The van der Waals surface area contributed by atoms with Crippen LogP contribution in [-0.2, 0) is 4.43 Å². The van der Waals surface area contributed by atoms with Crippen LogP contribution in [0.25, 0.3) is 0 Å². The van der Waals surface area contributed by atoms with Gasteiger partial charge in [0.05, 0.1) is 5.76 Å². The van der Waals surface area contributed by atoms with Gasteiger partial charge in [-0.05, 0) is 25.7 Å². The molecule has 2 aromatic rings. The van der Waals surface area contributed by atoms with Gasteiger partial charge in [-0.15, -0.1) is 0 Å². The molecule has 1 unspecified atom stereocenters. The van der Waals surface area contributed by atoms with Gasteiger partial charge in [0.1, 0.15) is 8.80 Å². The molecule has 3 rings (SSSR count). The highest BCUT2D eigenvalue weighted by molar-refractivity contribution is 6.87. The van der Waals surface area contributed by atoms with E-state index in [4.69, 9.17) is 4.43 Å². The molecule has 1 aliphatic rings. The van der Waals surface area contributed by atoms with Gasteiger partial charge in [-0.25, -0.2) is 0 Å². The first-order valence-corrected chi connectivity index (χ1v) is 13.4. The van der Waals surface area contributed by atoms with E-state index in [1.54, 1.807) is 0 Å². The zero-order chi connectivity index (χ0) is 16.3. The van der Waals surface area contributed by atoms with E-state index in [9.17, 15) is 0 Å². The Kier molecular flexibility index (Phi) is 4.69. The van der Waals surface area contributed by atoms with Gasteiger partial charge in [0.25, 0.3) is 0 Å². The SMILES string of the molecule is C[Si](C)(C)OC1=CC=CC1[SiH](c1ccccc1)c1ccccc1. The quantitative estimate of drug-likeness (QED) is 0.757. The second-order valence-electron chi connectivity index (χ2n) is 6.99. The van der Waals surface area contributed by atoms with Crippen LogP contribution in [0, 0.1) is 0 Å². The second-order valence-corrected chi connectivity index (χ2v) is 14.4. The topological polar surface area (TPSA) is 9.23 Å². The molecule has 3 heteroatoms. The van der Waals surface area contributed by atoms with Gasteiger partial charge in [0, 0.05) is 5.54 Å². The lowest BCUT2D eigenvalue weighted by atomic mass is 10.4. The van der Waals surface area contributed by atoms with Crippen molar-refractivity contribution in [2.75, 3.05) is 0 Å². The predicted molar refractivity (Wildman–Crippen MR) is 105 cm³/mol. The van der Waals surface area contributed by atoms with E-state index in [-0.39, 0.29) is 0 Å². The lowest BCUT2D eigenvalue weighted by Gasteiger charge is -2.29. The second kappa shape index (κ2) is 6.73. The number of allylic oxidation sites excluding steroid dienone is 3. The van der Waals surface area contributed by atoms with E-state index < -0.39 is 17.1 Å². The molecule has 0 saturated carbocycles. The van der Waals surface area contributed by atoms with Gasteiger partial charge in [0.2, 0.25) is 8.32 Å². The van der Waals surface area contributed by atoms with Crippen molar-refractivity contribution in [2.24, 2.45) is 0 Å². The monoisotopic (exact) mass is 336 g/mol. The van der Waals surface area contributed by atoms with E-state index >= 15 is 0 Å². The molecule has 0 N–H and O–H groups in total. The number of hydrogen-bond donors (Lipinski definition) is 0.